The molecule has 0 spiro atoms. The molecule has 0 radical (unpaired) electrons. The summed E-state index contributed by atoms with van der Waals surface area (Å²) >= 11 is 0. The van der Waals surface area contributed by atoms with E-state index in [-0.39, 0.29) is 5.91 Å². The van der Waals surface area contributed by atoms with Crippen molar-refractivity contribution < 1.29 is 9.21 Å². The van der Waals surface area contributed by atoms with Gasteiger partial charge in [-0.2, -0.15) is 5.10 Å². The van der Waals surface area contributed by atoms with Gasteiger partial charge in [0, 0.05) is 12.1 Å². The number of anilines is 1. The lowest BCUT2D eigenvalue weighted by Gasteiger charge is -2.25. The van der Waals surface area contributed by atoms with Gasteiger partial charge in [0.15, 0.2) is 5.76 Å². The zero-order valence-electron chi connectivity index (χ0n) is 9.14. The van der Waals surface area contributed by atoms with Gasteiger partial charge >= 0.3 is 0 Å². The molecular weight excluding hydrogens is 220 g/mol. The molecule has 3 N–H and O–H groups in total. The van der Waals surface area contributed by atoms with E-state index in [1.807, 2.05) is 0 Å². The van der Waals surface area contributed by atoms with Crippen LogP contribution in [0.1, 0.15) is 21.8 Å². The summed E-state index contributed by atoms with van der Waals surface area (Å²) in [5, 5.41) is 6.80. The second kappa shape index (κ2) is 3.65. The number of aromatic nitrogens is 2. The van der Waals surface area contributed by atoms with Crippen LogP contribution < -0.4 is 5.73 Å². The normalized spacial score (nSPS) is 14.7. The molecule has 17 heavy (non-hydrogen) atoms. The number of nitrogens with zero attached hydrogens (tertiary/aromatic N) is 2. The molecule has 1 amide bonds. The molecule has 6 heteroatoms. The van der Waals surface area contributed by atoms with E-state index in [1.165, 1.54) is 6.26 Å². The number of furan rings is 1. The number of aromatic amines is 1. The van der Waals surface area contributed by atoms with Gasteiger partial charge in [-0.15, -0.1) is 0 Å². The first kappa shape index (κ1) is 9.95. The maximum Gasteiger partial charge on any atom is 0.289 e. The van der Waals surface area contributed by atoms with Crippen molar-refractivity contribution in [2.24, 2.45) is 0 Å². The topological polar surface area (TPSA) is 88.1 Å². The van der Waals surface area contributed by atoms with Crippen LogP contribution in [-0.4, -0.2) is 27.5 Å². The third kappa shape index (κ3) is 1.57. The maximum atomic E-state index is 12.0. The van der Waals surface area contributed by atoms with E-state index in [9.17, 15) is 4.79 Å². The number of fused-ring (bicyclic) bond motifs is 1. The summed E-state index contributed by atoms with van der Waals surface area (Å²) in [5.74, 6) is 0.792. The predicted molar refractivity (Wildman–Crippen MR) is 60.2 cm³/mol. The van der Waals surface area contributed by atoms with Crippen molar-refractivity contribution in [1.29, 1.82) is 0 Å². The monoisotopic (exact) mass is 232 g/mol. The number of carbonyl (C=O) groups excluding carboxylic acids is 1. The lowest BCUT2D eigenvalue weighted by molar-refractivity contribution is 0.0700. The van der Waals surface area contributed by atoms with Gasteiger partial charge in [-0.25, -0.2) is 0 Å². The summed E-state index contributed by atoms with van der Waals surface area (Å²) in [6.07, 6.45) is 2.22. The van der Waals surface area contributed by atoms with Crippen LogP contribution in [0.15, 0.2) is 22.8 Å². The number of carbonyl (C=O) groups is 1. The van der Waals surface area contributed by atoms with E-state index in [4.69, 9.17) is 10.2 Å². The van der Waals surface area contributed by atoms with Crippen LogP contribution in [0.5, 0.6) is 0 Å². The lowest BCUT2D eigenvalue weighted by Crippen LogP contribution is -2.35. The summed E-state index contributed by atoms with van der Waals surface area (Å²) in [5.41, 5.74) is 7.65. The average Bonchev–Trinajstić information content (AvgIpc) is 2.98. The van der Waals surface area contributed by atoms with Crippen molar-refractivity contribution in [3.05, 3.63) is 35.4 Å². The molecule has 0 aromatic carbocycles. The average molecular weight is 232 g/mol. The highest BCUT2D eigenvalue weighted by molar-refractivity contribution is 5.91. The highest BCUT2D eigenvalue weighted by Crippen LogP contribution is 2.22. The molecule has 1 aliphatic rings. The van der Waals surface area contributed by atoms with Crippen molar-refractivity contribution in [3.63, 3.8) is 0 Å². The van der Waals surface area contributed by atoms with Crippen molar-refractivity contribution in [2.45, 2.75) is 13.0 Å². The highest BCUT2D eigenvalue weighted by atomic mass is 16.3. The Bertz CT molecular complexity index is 544. The number of nitrogens with two attached hydrogens (primary N) is 1. The second-order valence-corrected chi connectivity index (χ2v) is 4.02. The van der Waals surface area contributed by atoms with Gasteiger partial charge in [0.25, 0.3) is 5.91 Å². The molecule has 0 saturated heterocycles. The Kier molecular flexibility index (Phi) is 2.14. The fraction of sp³-hybridized carbons (Fsp3) is 0.273. The van der Waals surface area contributed by atoms with Gasteiger partial charge in [0.2, 0.25) is 0 Å². The molecule has 0 aliphatic carbocycles. The summed E-state index contributed by atoms with van der Waals surface area (Å²) < 4.78 is 5.10. The van der Waals surface area contributed by atoms with Gasteiger partial charge in [-0.05, 0) is 18.6 Å². The van der Waals surface area contributed by atoms with Crippen LogP contribution in [-0.2, 0) is 13.0 Å². The number of rotatable bonds is 1. The van der Waals surface area contributed by atoms with Crippen LogP contribution in [0.3, 0.4) is 0 Å². The molecule has 0 atom stereocenters. The molecule has 0 bridgehead atoms. The summed E-state index contributed by atoms with van der Waals surface area (Å²) in [6.45, 7) is 1.13. The number of amides is 1. The summed E-state index contributed by atoms with van der Waals surface area (Å²) in [6, 6.07) is 3.37. The second-order valence-electron chi connectivity index (χ2n) is 4.02. The molecule has 2 aromatic heterocycles. The van der Waals surface area contributed by atoms with Gasteiger partial charge in [-0.3, -0.25) is 9.89 Å². The molecule has 1 aliphatic heterocycles. The molecule has 0 saturated carbocycles. The van der Waals surface area contributed by atoms with Crippen LogP contribution in [0.25, 0.3) is 0 Å². The molecule has 6 nitrogen and oxygen atoms in total. The van der Waals surface area contributed by atoms with Crippen LogP contribution >= 0.6 is 0 Å². The Morgan fingerprint density at radius 2 is 2.47 bits per heavy atom. The standard InChI is InChI=1S/C11H12N4O2/c12-10-7-3-4-15(6-8(7)13-14-10)11(16)9-2-1-5-17-9/h1-2,5H,3-4,6H2,(H3,12,13,14). The largest absolute Gasteiger partial charge is 0.459 e. The van der Waals surface area contributed by atoms with Crippen molar-refractivity contribution in [2.75, 3.05) is 12.3 Å². The van der Waals surface area contributed by atoms with Gasteiger partial charge in [-0.1, -0.05) is 0 Å². The first-order valence-corrected chi connectivity index (χ1v) is 5.40. The van der Waals surface area contributed by atoms with Crippen molar-refractivity contribution in [3.8, 4) is 0 Å². The Labute approximate surface area is 97.4 Å². The quantitative estimate of drug-likeness (QED) is 0.760. The Morgan fingerprint density at radius 1 is 1.59 bits per heavy atom. The van der Waals surface area contributed by atoms with Crippen LogP contribution in [0.2, 0.25) is 0 Å². The minimum absolute atomic E-state index is 0.103. The third-order valence-electron chi connectivity index (χ3n) is 2.98. The fourth-order valence-electron chi connectivity index (χ4n) is 2.07. The van der Waals surface area contributed by atoms with Gasteiger partial charge < -0.3 is 15.1 Å². The lowest BCUT2D eigenvalue weighted by atomic mass is 10.1. The number of hydrogen-bond donors (Lipinski definition) is 2. The smallest absolute Gasteiger partial charge is 0.289 e. The first-order chi connectivity index (χ1) is 8.25. The fourth-order valence-corrected chi connectivity index (χ4v) is 2.07. The minimum atomic E-state index is -0.103. The van der Waals surface area contributed by atoms with Crippen LogP contribution in [0, 0.1) is 0 Å². The Balaban J connectivity index is 1.83. The van der Waals surface area contributed by atoms with Gasteiger partial charge in [0.05, 0.1) is 18.5 Å². The van der Waals surface area contributed by atoms with E-state index >= 15 is 0 Å². The van der Waals surface area contributed by atoms with Crippen molar-refractivity contribution >= 4 is 11.7 Å². The van der Waals surface area contributed by atoms with Crippen LogP contribution in [0.4, 0.5) is 5.82 Å². The highest BCUT2D eigenvalue weighted by Gasteiger charge is 2.25. The Hall–Kier alpha value is -2.24. The van der Waals surface area contributed by atoms with Gasteiger partial charge in [0.1, 0.15) is 5.82 Å². The molecule has 0 unspecified atom stereocenters. The summed E-state index contributed by atoms with van der Waals surface area (Å²) in [7, 11) is 0. The van der Waals surface area contributed by atoms with E-state index in [0.717, 1.165) is 17.7 Å². The number of H-pyrrole nitrogens is 1. The number of hydrogen-bond acceptors (Lipinski definition) is 4. The summed E-state index contributed by atoms with van der Waals surface area (Å²) in [4.78, 5) is 13.8. The molecule has 3 heterocycles. The third-order valence-corrected chi connectivity index (χ3v) is 2.98. The van der Waals surface area contributed by atoms with E-state index < -0.39 is 0 Å². The van der Waals surface area contributed by atoms with E-state index in [0.29, 0.717) is 24.7 Å². The molecule has 3 rings (SSSR count). The first-order valence-electron chi connectivity index (χ1n) is 5.40. The molecule has 88 valence electrons. The van der Waals surface area contributed by atoms with E-state index in [2.05, 4.69) is 10.2 Å². The van der Waals surface area contributed by atoms with Crippen molar-refractivity contribution in [1.82, 2.24) is 15.1 Å². The SMILES string of the molecule is Nc1n[nH]c2c1CCN(C(=O)c1ccco1)C2. The predicted octanol–water partition coefficient (Wildman–Crippen LogP) is 0.783. The molecule has 0 fully saturated rings. The number of nitrogens with one attached hydrogen (secondary N) is 1. The zero-order chi connectivity index (χ0) is 11.8. The maximum absolute atomic E-state index is 12.0. The molecular formula is C11H12N4O2. The number of nitrogen functional groups attached to an aromatic ring is 1. The zero-order valence-corrected chi connectivity index (χ0v) is 9.14. The minimum Gasteiger partial charge on any atom is -0.459 e. The Morgan fingerprint density at radius 3 is 3.24 bits per heavy atom. The van der Waals surface area contributed by atoms with E-state index in [1.54, 1.807) is 17.0 Å². The molecule has 2 aromatic rings.